The van der Waals surface area contributed by atoms with Gasteiger partial charge in [0.05, 0.1) is 0 Å². The van der Waals surface area contributed by atoms with Crippen LogP contribution < -0.4 is 5.73 Å². The minimum absolute atomic E-state index is 0.125. The first-order valence-corrected chi connectivity index (χ1v) is 12.6. The molecule has 1 aromatic heterocycles. The molecule has 2 heterocycles. The van der Waals surface area contributed by atoms with Gasteiger partial charge in [0, 0.05) is 54.6 Å². The van der Waals surface area contributed by atoms with Crippen LogP contribution in [0.25, 0.3) is 22.0 Å². The van der Waals surface area contributed by atoms with Gasteiger partial charge in [-0.3, -0.25) is 14.5 Å². The minimum Gasteiger partial charge on any atom is -0.364 e. The molecule has 0 spiro atoms. The summed E-state index contributed by atoms with van der Waals surface area (Å²) in [6, 6.07) is 10.8. The van der Waals surface area contributed by atoms with Gasteiger partial charge in [-0.2, -0.15) is 0 Å². The first-order valence-electron chi connectivity index (χ1n) is 12.6. The van der Waals surface area contributed by atoms with Crippen LogP contribution in [0.1, 0.15) is 54.2 Å². The Bertz CT molecular complexity index is 1280. The molecule has 1 saturated carbocycles. The number of primary amides is 1. The molecule has 6 nitrogen and oxygen atoms in total. The van der Waals surface area contributed by atoms with Gasteiger partial charge in [-0.25, -0.2) is 4.39 Å². The standard InChI is InChI=1S/C28H33FN4O2/c1-17-15-32(11-12-33(17)28(35)19-7-3-4-8-19)16-20-13-21(29)14-23(18(20)2)25-22-9-5-6-10-24(22)31-26(25)27(30)34/h5-6,9-10,13-14,17,19,31H,3-4,7-8,11-12,15-16H2,1-2H3,(H2,30,34). The van der Waals surface area contributed by atoms with Crippen LogP contribution in [0.5, 0.6) is 0 Å². The van der Waals surface area contributed by atoms with Gasteiger partial charge in [0.1, 0.15) is 11.5 Å². The zero-order valence-electron chi connectivity index (χ0n) is 20.4. The molecule has 184 valence electrons. The van der Waals surface area contributed by atoms with Crippen LogP contribution in [0.2, 0.25) is 0 Å². The molecule has 0 bridgehead atoms. The number of halogens is 1. The highest BCUT2D eigenvalue weighted by Crippen LogP contribution is 2.36. The van der Waals surface area contributed by atoms with Gasteiger partial charge in [0.25, 0.3) is 5.91 Å². The highest BCUT2D eigenvalue weighted by Gasteiger charge is 2.33. The second-order valence-electron chi connectivity index (χ2n) is 10.1. The quantitative estimate of drug-likeness (QED) is 0.564. The maximum absolute atomic E-state index is 14.9. The summed E-state index contributed by atoms with van der Waals surface area (Å²) in [6.45, 7) is 6.87. The lowest BCUT2D eigenvalue weighted by Gasteiger charge is -2.41. The third-order valence-corrected chi connectivity index (χ3v) is 7.79. The van der Waals surface area contributed by atoms with Crippen molar-refractivity contribution in [3.8, 4) is 11.1 Å². The van der Waals surface area contributed by atoms with E-state index in [2.05, 4.69) is 16.8 Å². The summed E-state index contributed by atoms with van der Waals surface area (Å²) in [5, 5.41) is 0.841. The summed E-state index contributed by atoms with van der Waals surface area (Å²) in [5.41, 5.74) is 9.89. The minimum atomic E-state index is -0.571. The fraction of sp³-hybridized carbons (Fsp3) is 0.429. The predicted molar refractivity (Wildman–Crippen MR) is 135 cm³/mol. The number of benzene rings is 2. The number of aromatic amines is 1. The molecule has 0 radical (unpaired) electrons. The van der Waals surface area contributed by atoms with Gasteiger partial charge >= 0.3 is 0 Å². The monoisotopic (exact) mass is 476 g/mol. The van der Waals surface area contributed by atoms with Crippen molar-refractivity contribution in [3.05, 3.63) is 59.0 Å². The SMILES string of the molecule is Cc1c(CN2CCN(C(=O)C3CCCC3)C(C)C2)cc(F)cc1-c1c(C(N)=O)[nH]c2ccccc12. The molecule has 35 heavy (non-hydrogen) atoms. The molecule has 5 rings (SSSR count). The van der Waals surface area contributed by atoms with E-state index in [0.717, 1.165) is 60.8 Å². The molecule has 3 aromatic rings. The van der Waals surface area contributed by atoms with Crippen LogP contribution in [0.3, 0.4) is 0 Å². The Balaban J connectivity index is 1.41. The average molecular weight is 477 g/mol. The van der Waals surface area contributed by atoms with E-state index in [-0.39, 0.29) is 17.8 Å². The maximum atomic E-state index is 14.9. The van der Waals surface area contributed by atoms with Gasteiger partial charge in [0.15, 0.2) is 0 Å². The van der Waals surface area contributed by atoms with Crippen LogP contribution in [0.15, 0.2) is 36.4 Å². The number of hydrogen-bond acceptors (Lipinski definition) is 3. The summed E-state index contributed by atoms with van der Waals surface area (Å²) in [6.07, 6.45) is 4.33. The normalized spacial score (nSPS) is 19.5. The second-order valence-corrected chi connectivity index (χ2v) is 10.1. The van der Waals surface area contributed by atoms with Crippen LogP contribution in [-0.4, -0.2) is 52.3 Å². The summed E-state index contributed by atoms with van der Waals surface area (Å²) in [5.74, 6) is -0.424. The number of hydrogen-bond donors (Lipinski definition) is 2. The van der Waals surface area contributed by atoms with Crippen LogP contribution in [0.4, 0.5) is 4.39 Å². The van der Waals surface area contributed by atoms with E-state index in [4.69, 9.17) is 5.73 Å². The number of piperazine rings is 1. The van der Waals surface area contributed by atoms with E-state index in [0.29, 0.717) is 35.8 Å². The van der Waals surface area contributed by atoms with E-state index in [1.807, 2.05) is 36.1 Å². The molecule has 1 aliphatic carbocycles. The number of nitrogens with zero attached hydrogens (tertiary/aromatic N) is 2. The Labute approximate surface area is 205 Å². The van der Waals surface area contributed by atoms with E-state index < -0.39 is 5.91 Å². The molecule has 7 heteroatoms. The number of H-pyrrole nitrogens is 1. The van der Waals surface area contributed by atoms with Crippen LogP contribution >= 0.6 is 0 Å². The molecule has 1 saturated heterocycles. The highest BCUT2D eigenvalue weighted by molar-refractivity contribution is 6.09. The summed E-state index contributed by atoms with van der Waals surface area (Å²) in [4.78, 5) is 32.6. The van der Waals surface area contributed by atoms with Gasteiger partial charge in [-0.05, 0) is 61.6 Å². The molecule has 2 aliphatic rings. The predicted octanol–water partition coefficient (Wildman–Crippen LogP) is 4.60. The number of rotatable bonds is 5. The number of amides is 2. The van der Waals surface area contributed by atoms with Gasteiger partial charge in [0.2, 0.25) is 5.91 Å². The lowest BCUT2D eigenvalue weighted by molar-refractivity contribution is -0.140. The first-order chi connectivity index (χ1) is 16.8. The molecule has 2 amide bonds. The summed E-state index contributed by atoms with van der Waals surface area (Å²) in [7, 11) is 0. The third-order valence-electron chi connectivity index (χ3n) is 7.79. The molecular weight excluding hydrogens is 443 g/mol. The van der Waals surface area contributed by atoms with Crippen LogP contribution in [0, 0.1) is 18.7 Å². The van der Waals surface area contributed by atoms with Crippen molar-refractivity contribution in [2.24, 2.45) is 11.7 Å². The Morgan fingerprint density at radius 1 is 1.14 bits per heavy atom. The fourth-order valence-electron chi connectivity index (χ4n) is 5.92. The molecule has 1 unspecified atom stereocenters. The summed E-state index contributed by atoms with van der Waals surface area (Å²) >= 11 is 0. The van der Waals surface area contributed by atoms with Crippen molar-refractivity contribution in [2.75, 3.05) is 19.6 Å². The van der Waals surface area contributed by atoms with E-state index in [9.17, 15) is 14.0 Å². The Morgan fingerprint density at radius 3 is 2.60 bits per heavy atom. The Morgan fingerprint density at radius 2 is 1.89 bits per heavy atom. The van der Waals surface area contributed by atoms with Crippen molar-refractivity contribution in [3.63, 3.8) is 0 Å². The fourth-order valence-corrected chi connectivity index (χ4v) is 5.92. The largest absolute Gasteiger partial charge is 0.364 e. The topological polar surface area (TPSA) is 82.4 Å². The second kappa shape index (κ2) is 9.46. The zero-order valence-corrected chi connectivity index (χ0v) is 20.4. The van der Waals surface area contributed by atoms with Crippen molar-refractivity contribution < 1.29 is 14.0 Å². The van der Waals surface area contributed by atoms with Gasteiger partial charge in [-0.1, -0.05) is 31.0 Å². The average Bonchev–Trinajstić information content (AvgIpc) is 3.49. The number of nitrogens with one attached hydrogen (secondary N) is 1. The number of nitrogens with two attached hydrogens (primary N) is 1. The van der Waals surface area contributed by atoms with E-state index >= 15 is 0 Å². The Hall–Kier alpha value is -3.19. The van der Waals surface area contributed by atoms with Crippen LogP contribution in [-0.2, 0) is 11.3 Å². The molecule has 1 aliphatic heterocycles. The molecule has 2 fully saturated rings. The summed E-state index contributed by atoms with van der Waals surface area (Å²) < 4.78 is 14.9. The van der Waals surface area contributed by atoms with Crippen molar-refractivity contribution in [1.29, 1.82) is 0 Å². The van der Waals surface area contributed by atoms with E-state index in [1.54, 1.807) is 6.07 Å². The van der Waals surface area contributed by atoms with Crippen molar-refractivity contribution >= 4 is 22.7 Å². The van der Waals surface area contributed by atoms with Crippen molar-refractivity contribution in [1.82, 2.24) is 14.8 Å². The van der Waals surface area contributed by atoms with Gasteiger partial charge < -0.3 is 15.6 Å². The third kappa shape index (κ3) is 4.45. The zero-order chi connectivity index (χ0) is 24.7. The first kappa shape index (κ1) is 23.5. The lowest BCUT2D eigenvalue weighted by atomic mass is 9.93. The molecule has 1 atom stereocenters. The number of carbonyl (C=O) groups excluding carboxylic acids is 2. The molecule has 2 aromatic carbocycles. The smallest absolute Gasteiger partial charge is 0.265 e. The van der Waals surface area contributed by atoms with Crippen molar-refractivity contribution in [2.45, 2.75) is 52.1 Å². The number of aromatic nitrogens is 1. The van der Waals surface area contributed by atoms with E-state index in [1.165, 1.54) is 6.07 Å². The lowest BCUT2D eigenvalue weighted by Crippen LogP contribution is -2.54. The maximum Gasteiger partial charge on any atom is 0.265 e. The number of carbonyl (C=O) groups is 2. The molecule has 3 N–H and O–H groups in total. The number of para-hydroxylation sites is 1. The number of fused-ring (bicyclic) bond motifs is 1. The van der Waals surface area contributed by atoms with Gasteiger partial charge in [-0.15, -0.1) is 0 Å². The highest BCUT2D eigenvalue weighted by atomic mass is 19.1. The Kier molecular flexibility index (Phi) is 6.36. The molecular formula is C28H33FN4O2.